The van der Waals surface area contributed by atoms with E-state index in [1.54, 1.807) is 0 Å². The van der Waals surface area contributed by atoms with Gasteiger partial charge in [0.15, 0.2) is 0 Å². The first-order chi connectivity index (χ1) is 3.65. The molecule has 0 aromatic carbocycles. The Morgan fingerprint density at radius 2 is 1.62 bits per heavy atom. The van der Waals surface area contributed by atoms with Gasteiger partial charge in [-0.05, 0) is 28.6 Å². The fourth-order valence-corrected chi connectivity index (χ4v) is 3.82. The van der Waals surface area contributed by atoms with E-state index in [0.717, 1.165) is 16.7 Å². The molecule has 4 fully saturated rings. The van der Waals surface area contributed by atoms with Crippen LogP contribution in [0, 0.1) is 28.6 Å². The Labute approximate surface area is 50.3 Å². The molecule has 0 aromatic rings. The fraction of sp³-hybridized carbons (Fsp3) is 1.00. The molecule has 4 rings (SSSR count). The standard InChI is InChI=1S/C8H12/c1-4-5-6-7(4,2)8(5,6)3/h4-6H,1-3H3. The topological polar surface area (TPSA) is 0 Å². The smallest absolute Gasteiger partial charge is 0.0195 e. The van der Waals surface area contributed by atoms with Gasteiger partial charge in [0.05, 0.1) is 0 Å². The minimum atomic E-state index is 0.845. The van der Waals surface area contributed by atoms with E-state index in [1.807, 2.05) is 0 Å². The largest absolute Gasteiger partial charge is 0.0617 e. The Kier molecular flexibility index (Phi) is 0.280. The van der Waals surface area contributed by atoms with Crippen LogP contribution in [0.4, 0.5) is 0 Å². The van der Waals surface area contributed by atoms with Crippen LogP contribution in [0.5, 0.6) is 0 Å². The maximum absolute atomic E-state index is 2.46. The van der Waals surface area contributed by atoms with Gasteiger partial charge in [-0.3, -0.25) is 0 Å². The fourth-order valence-electron chi connectivity index (χ4n) is 3.82. The Bertz CT molecular complexity index is 170. The lowest BCUT2D eigenvalue weighted by atomic mass is 9.56. The molecule has 0 nitrogen and oxygen atoms in total. The second-order valence-corrected chi connectivity index (χ2v) is 4.36. The van der Waals surface area contributed by atoms with Crippen LogP contribution in [0.15, 0.2) is 0 Å². The summed E-state index contributed by atoms with van der Waals surface area (Å²) in [5.41, 5.74) is 1.73. The van der Waals surface area contributed by atoms with E-state index in [4.69, 9.17) is 0 Å². The third-order valence-corrected chi connectivity index (χ3v) is 4.80. The summed E-state index contributed by atoms with van der Waals surface area (Å²) in [5.74, 6) is 3.44. The van der Waals surface area contributed by atoms with Crippen molar-refractivity contribution in [3.05, 3.63) is 0 Å². The van der Waals surface area contributed by atoms with Crippen LogP contribution in [0.1, 0.15) is 20.8 Å². The van der Waals surface area contributed by atoms with E-state index in [0.29, 0.717) is 0 Å². The van der Waals surface area contributed by atoms with E-state index < -0.39 is 0 Å². The summed E-state index contributed by atoms with van der Waals surface area (Å²) in [6.45, 7) is 7.33. The van der Waals surface area contributed by atoms with Crippen LogP contribution in [0.2, 0.25) is 0 Å². The lowest BCUT2D eigenvalue weighted by Crippen LogP contribution is -2.43. The Morgan fingerprint density at radius 3 is 1.62 bits per heavy atom. The van der Waals surface area contributed by atoms with E-state index in [1.165, 1.54) is 11.8 Å². The molecule has 8 heavy (non-hydrogen) atoms. The first kappa shape index (κ1) is 3.92. The predicted octanol–water partition coefficient (Wildman–Crippen LogP) is 1.91. The molecule has 4 aliphatic rings. The minimum absolute atomic E-state index is 0.845. The van der Waals surface area contributed by atoms with Gasteiger partial charge in [-0.25, -0.2) is 0 Å². The van der Waals surface area contributed by atoms with Gasteiger partial charge >= 0.3 is 0 Å². The zero-order valence-corrected chi connectivity index (χ0v) is 5.73. The molecule has 0 amide bonds. The first-order valence-electron chi connectivity index (χ1n) is 3.65. The molecule has 2 bridgehead atoms. The van der Waals surface area contributed by atoms with Gasteiger partial charge in [0.2, 0.25) is 0 Å². The van der Waals surface area contributed by atoms with Crippen molar-refractivity contribution in [2.75, 3.05) is 0 Å². The maximum atomic E-state index is 2.46. The summed E-state index contributed by atoms with van der Waals surface area (Å²) >= 11 is 0. The van der Waals surface area contributed by atoms with Crippen LogP contribution in [0.3, 0.4) is 0 Å². The van der Waals surface area contributed by atoms with Crippen LogP contribution in [-0.4, -0.2) is 0 Å². The molecule has 0 aromatic heterocycles. The highest BCUT2D eigenvalue weighted by Crippen LogP contribution is 3.06. The van der Waals surface area contributed by atoms with E-state index in [9.17, 15) is 0 Å². The maximum Gasteiger partial charge on any atom is -0.0195 e. The molecule has 0 saturated heterocycles. The van der Waals surface area contributed by atoms with Crippen molar-refractivity contribution in [1.82, 2.24) is 0 Å². The van der Waals surface area contributed by atoms with E-state index in [-0.39, 0.29) is 0 Å². The van der Waals surface area contributed by atoms with Crippen molar-refractivity contribution in [2.45, 2.75) is 20.8 Å². The Balaban J connectivity index is 2.10. The number of hydrogen-bond donors (Lipinski definition) is 0. The molecular weight excluding hydrogens is 96.1 g/mol. The Hall–Kier alpha value is 0. The van der Waals surface area contributed by atoms with Crippen molar-refractivity contribution in [3.63, 3.8) is 0 Å². The monoisotopic (exact) mass is 108 g/mol. The molecule has 4 saturated carbocycles. The zero-order chi connectivity index (χ0) is 5.73. The molecule has 5 atom stereocenters. The van der Waals surface area contributed by atoms with Gasteiger partial charge in [0.1, 0.15) is 0 Å². The van der Waals surface area contributed by atoms with Crippen molar-refractivity contribution < 1.29 is 0 Å². The number of hydrogen-bond acceptors (Lipinski definition) is 0. The third kappa shape index (κ3) is 0.110. The first-order valence-corrected chi connectivity index (χ1v) is 3.65. The lowest BCUT2D eigenvalue weighted by Gasteiger charge is -2.48. The second-order valence-electron chi connectivity index (χ2n) is 4.36. The molecule has 4 aliphatic carbocycles. The van der Waals surface area contributed by atoms with Crippen molar-refractivity contribution in [1.29, 1.82) is 0 Å². The zero-order valence-electron chi connectivity index (χ0n) is 5.73. The molecule has 0 aliphatic heterocycles. The van der Waals surface area contributed by atoms with Gasteiger partial charge in [0, 0.05) is 0 Å². The average Bonchev–Trinajstić information content (AvgIpc) is 2.49. The summed E-state index contributed by atoms with van der Waals surface area (Å²) < 4.78 is 0. The molecule has 0 heteroatoms. The molecule has 44 valence electrons. The van der Waals surface area contributed by atoms with Gasteiger partial charge < -0.3 is 0 Å². The molecule has 0 spiro atoms. The van der Waals surface area contributed by atoms with Crippen LogP contribution in [-0.2, 0) is 0 Å². The van der Waals surface area contributed by atoms with Crippen LogP contribution >= 0.6 is 0 Å². The highest BCUT2D eigenvalue weighted by atomic mass is 15.1. The quantitative estimate of drug-likeness (QED) is 0.444. The highest BCUT2D eigenvalue weighted by molar-refractivity contribution is 5.48. The second kappa shape index (κ2) is 0.571. The SMILES string of the molecule is CC1C2C3C1(C)C23C. The molecule has 5 unspecified atom stereocenters. The van der Waals surface area contributed by atoms with Crippen LogP contribution < -0.4 is 0 Å². The summed E-state index contributed by atoms with van der Waals surface area (Å²) in [6, 6.07) is 0. The van der Waals surface area contributed by atoms with Gasteiger partial charge in [-0.2, -0.15) is 0 Å². The summed E-state index contributed by atoms with van der Waals surface area (Å²) in [4.78, 5) is 0. The van der Waals surface area contributed by atoms with Crippen molar-refractivity contribution in [3.8, 4) is 0 Å². The molecule has 0 radical (unpaired) electrons. The average molecular weight is 108 g/mol. The van der Waals surface area contributed by atoms with Gasteiger partial charge in [-0.1, -0.05) is 20.8 Å². The van der Waals surface area contributed by atoms with E-state index >= 15 is 0 Å². The Morgan fingerprint density at radius 1 is 1.12 bits per heavy atom. The highest BCUT2D eigenvalue weighted by Gasteiger charge is 3.02. The lowest BCUT2D eigenvalue weighted by molar-refractivity contribution is -0.00703. The van der Waals surface area contributed by atoms with Gasteiger partial charge in [-0.15, -0.1) is 0 Å². The summed E-state index contributed by atoms with van der Waals surface area (Å²) in [7, 11) is 0. The molecule has 0 heterocycles. The van der Waals surface area contributed by atoms with E-state index in [2.05, 4.69) is 20.8 Å². The normalized spacial score (nSPS) is 89.6. The number of rotatable bonds is 0. The van der Waals surface area contributed by atoms with Crippen molar-refractivity contribution >= 4 is 0 Å². The molecule has 0 N–H and O–H groups in total. The summed E-state index contributed by atoms with van der Waals surface area (Å²) in [5, 5.41) is 0. The van der Waals surface area contributed by atoms with Gasteiger partial charge in [0.25, 0.3) is 0 Å². The van der Waals surface area contributed by atoms with Crippen LogP contribution in [0.25, 0.3) is 0 Å². The minimum Gasteiger partial charge on any atom is -0.0617 e. The summed E-state index contributed by atoms with van der Waals surface area (Å²) in [6.07, 6.45) is 0. The predicted molar refractivity (Wildman–Crippen MR) is 32.4 cm³/mol. The third-order valence-electron chi connectivity index (χ3n) is 4.80. The molecular formula is C8H12. The van der Waals surface area contributed by atoms with Crippen molar-refractivity contribution in [2.24, 2.45) is 28.6 Å².